The number of benzene rings is 1. The summed E-state index contributed by atoms with van der Waals surface area (Å²) in [6, 6.07) is 9.27. The molecule has 2 aliphatic rings. The van der Waals surface area contributed by atoms with Crippen molar-refractivity contribution in [1.82, 2.24) is 9.80 Å². The van der Waals surface area contributed by atoms with Crippen molar-refractivity contribution in [2.75, 3.05) is 32.8 Å². The minimum atomic E-state index is -2.80. The van der Waals surface area contributed by atoms with Crippen LogP contribution < -0.4 is 4.74 Å². The molecule has 1 aromatic rings. The second kappa shape index (κ2) is 9.52. The van der Waals surface area contributed by atoms with Crippen LogP contribution in [0.1, 0.15) is 32.1 Å². The van der Waals surface area contributed by atoms with Crippen LogP contribution >= 0.6 is 0 Å². The Labute approximate surface area is 169 Å². The molecule has 2 heterocycles. The van der Waals surface area contributed by atoms with E-state index in [0.29, 0.717) is 25.3 Å². The molecule has 160 valence electrons. The van der Waals surface area contributed by atoms with E-state index in [4.69, 9.17) is 4.74 Å². The summed E-state index contributed by atoms with van der Waals surface area (Å²) in [7, 11) is 0. The van der Waals surface area contributed by atoms with Gasteiger partial charge in [0.15, 0.2) is 0 Å². The van der Waals surface area contributed by atoms with Gasteiger partial charge in [0, 0.05) is 26.2 Å². The molecule has 2 fully saturated rings. The molecule has 1 N–H and O–H groups in total. The number of piperidine rings is 2. The molecule has 1 aromatic carbocycles. The van der Waals surface area contributed by atoms with E-state index in [9.17, 15) is 23.5 Å². The first-order valence-electron chi connectivity index (χ1n) is 10.1. The summed E-state index contributed by atoms with van der Waals surface area (Å²) in [5.74, 6) is 0.227. The third-order valence-electron chi connectivity index (χ3n) is 5.80. The fourth-order valence-electron chi connectivity index (χ4n) is 3.93. The Morgan fingerprint density at radius 1 is 1.14 bits per heavy atom. The average Bonchev–Trinajstić information content (AvgIpc) is 2.74. The average molecular weight is 410 g/mol. The van der Waals surface area contributed by atoms with Gasteiger partial charge in [-0.15, -0.1) is 0 Å². The number of hydrogen-bond donors (Lipinski definition) is 1. The van der Waals surface area contributed by atoms with Gasteiger partial charge in [0.25, 0.3) is 6.43 Å². The van der Waals surface area contributed by atoms with Gasteiger partial charge in [-0.3, -0.25) is 9.59 Å². The van der Waals surface area contributed by atoms with Crippen LogP contribution in [0.3, 0.4) is 0 Å². The first-order valence-corrected chi connectivity index (χ1v) is 10.1. The predicted molar refractivity (Wildman–Crippen MR) is 103 cm³/mol. The molecule has 1 atom stereocenters. The van der Waals surface area contributed by atoms with Crippen LogP contribution in [-0.2, 0) is 9.59 Å². The fourth-order valence-corrected chi connectivity index (χ4v) is 3.93. The van der Waals surface area contributed by atoms with E-state index in [1.807, 2.05) is 30.3 Å². The molecule has 2 aliphatic heterocycles. The number of amides is 2. The number of hydrogen-bond acceptors (Lipinski definition) is 4. The van der Waals surface area contributed by atoms with Crippen molar-refractivity contribution >= 4 is 11.8 Å². The van der Waals surface area contributed by atoms with Crippen molar-refractivity contribution in [3.63, 3.8) is 0 Å². The molecule has 3 rings (SSSR count). The van der Waals surface area contributed by atoms with E-state index in [2.05, 4.69) is 0 Å². The van der Waals surface area contributed by atoms with E-state index in [-0.39, 0.29) is 56.7 Å². The largest absolute Gasteiger partial charge is 0.493 e. The minimum absolute atomic E-state index is 0.0517. The Morgan fingerprint density at radius 2 is 1.83 bits per heavy atom. The molecule has 29 heavy (non-hydrogen) atoms. The highest BCUT2D eigenvalue weighted by molar-refractivity contribution is 5.81. The van der Waals surface area contributed by atoms with E-state index in [0.717, 1.165) is 6.42 Å². The number of ether oxygens (including phenoxy) is 1. The summed E-state index contributed by atoms with van der Waals surface area (Å²) in [5, 5.41) is 9.89. The van der Waals surface area contributed by atoms with Gasteiger partial charge in [-0.05, 0) is 37.8 Å². The van der Waals surface area contributed by atoms with E-state index in [1.165, 1.54) is 0 Å². The highest BCUT2D eigenvalue weighted by atomic mass is 19.3. The lowest BCUT2D eigenvalue weighted by Crippen LogP contribution is -2.53. The molecule has 0 bridgehead atoms. The molecule has 0 radical (unpaired) electrons. The van der Waals surface area contributed by atoms with Gasteiger partial charge < -0.3 is 19.6 Å². The lowest BCUT2D eigenvalue weighted by molar-refractivity contribution is -0.153. The van der Waals surface area contributed by atoms with Crippen molar-refractivity contribution in [1.29, 1.82) is 0 Å². The van der Waals surface area contributed by atoms with E-state index < -0.39 is 12.0 Å². The second-order valence-electron chi connectivity index (χ2n) is 7.82. The molecule has 0 aliphatic carbocycles. The molecule has 0 spiro atoms. The number of likely N-dealkylation sites (tertiary alicyclic amines) is 2. The number of aliphatic hydroxyl groups is 1. The van der Waals surface area contributed by atoms with Crippen molar-refractivity contribution in [3.8, 4) is 5.75 Å². The minimum Gasteiger partial charge on any atom is -0.493 e. The zero-order valence-corrected chi connectivity index (χ0v) is 16.4. The molecule has 2 amide bonds. The van der Waals surface area contributed by atoms with Crippen LogP contribution in [0.4, 0.5) is 8.78 Å². The van der Waals surface area contributed by atoms with Gasteiger partial charge in [0.05, 0.1) is 18.9 Å². The number of carbonyl (C=O) groups is 2. The lowest BCUT2D eigenvalue weighted by atomic mass is 9.90. The maximum atomic E-state index is 12.9. The maximum Gasteiger partial charge on any atom is 0.266 e. The molecular weight excluding hydrogens is 382 g/mol. The molecule has 0 saturated carbocycles. The Kier molecular flexibility index (Phi) is 7.05. The van der Waals surface area contributed by atoms with Crippen molar-refractivity contribution in [2.24, 2.45) is 5.92 Å². The number of para-hydroxylation sites is 1. The summed E-state index contributed by atoms with van der Waals surface area (Å²) in [6.07, 6.45) is -1.40. The molecule has 0 aromatic heterocycles. The fraction of sp³-hybridized carbons (Fsp3) is 0.619. The number of halogens is 2. The lowest BCUT2D eigenvalue weighted by Gasteiger charge is -2.40. The molecule has 8 heteroatoms. The van der Waals surface area contributed by atoms with Crippen LogP contribution in [-0.4, -0.2) is 71.5 Å². The SMILES string of the molecule is O=C(CCOc1ccccc1)N1CCCC(C(=O)N2CCC(O)(C(F)F)CC2)C1. The van der Waals surface area contributed by atoms with Crippen LogP contribution in [0.25, 0.3) is 0 Å². The van der Waals surface area contributed by atoms with Gasteiger partial charge in [-0.2, -0.15) is 0 Å². The monoisotopic (exact) mass is 410 g/mol. The molecular formula is C21H28F2N2O4. The van der Waals surface area contributed by atoms with Crippen LogP contribution in [0.2, 0.25) is 0 Å². The summed E-state index contributed by atoms with van der Waals surface area (Å²) < 4.78 is 31.4. The summed E-state index contributed by atoms with van der Waals surface area (Å²) in [5.41, 5.74) is -2.00. The van der Waals surface area contributed by atoms with Crippen LogP contribution in [0.5, 0.6) is 5.75 Å². The number of carbonyl (C=O) groups excluding carboxylic acids is 2. The quantitative estimate of drug-likeness (QED) is 0.782. The Balaban J connectivity index is 1.46. The van der Waals surface area contributed by atoms with Gasteiger partial charge in [-0.25, -0.2) is 8.78 Å². The topological polar surface area (TPSA) is 70.1 Å². The predicted octanol–water partition coefficient (Wildman–Crippen LogP) is 2.31. The van der Waals surface area contributed by atoms with Gasteiger partial charge in [0.1, 0.15) is 11.4 Å². The van der Waals surface area contributed by atoms with Crippen LogP contribution in [0, 0.1) is 5.92 Å². The summed E-state index contributed by atoms with van der Waals surface area (Å²) in [4.78, 5) is 28.5. The zero-order chi connectivity index (χ0) is 20.9. The van der Waals surface area contributed by atoms with Crippen molar-refractivity contribution in [3.05, 3.63) is 30.3 Å². The first kappa shape index (κ1) is 21.5. The standard InChI is InChI=1S/C21H28F2N2O4/c22-20(23)21(28)9-12-24(13-10-21)19(27)16-5-4-11-25(15-16)18(26)8-14-29-17-6-2-1-3-7-17/h1-3,6-7,16,20,28H,4-5,8-15H2. The third kappa shape index (κ3) is 5.44. The van der Waals surface area contributed by atoms with Gasteiger partial charge >= 0.3 is 0 Å². The third-order valence-corrected chi connectivity index (χ3v) is 5.80. The Bertz CT molecular complexity index is 693. The highest BCUT2D eigenvalue weighted by Crippen LogP contribution is 2.30. The summed E-state index contributed by atoms with van der Waals surface area (Å²) in [6.45, 7) is 1.47. The highest BCUT2D eigenvalue weighted by Gasteiger charge is 2.42. The Hall–Kier alpha value is -2.22. The molecule has 1 unspecified atom stereocenters. The number of nitrogens with zero attached hydrogens (tertiary/aromatic N) is 2. The smallest absolute Gasteiger partial charge is 0.266 e. The zero-order valence-electron chi connectivity index (χ0n) is 16.4. The first-order chi connectivity index (χ1) is 13.9. The van der Waals surface area contributed by atoms with Crippen LogP contribution in [0.15, 0.2) is 30.3 Å². The summed E-state index contributed by atoms with van der Waals surface area (Å²) >= 11 is 0. The molecule has 6 nitrogen and oxygen atoms in total. The van der Waals surface area contributed by atoms with Crippen molar-refractivity contribution < 1.29 is 28.2 Å². The Morgan fingerprint density at radius 3 is 2.48 bits per heavy atom. The van der Waals surface area contributed by atoms with E-state index in [1.54, 1.807) is 9.80 Å². The number of rotatable bonds is 6. The van der Waals surface area contributed by atoms with Crippen molar-refractivity contribution in [2.45, 2.75) is 44.1 Å². The number of alkyl halides is 2. The van der Waals surface area contributed by atoms with Gasteiger partial charge in [-0.1, -0.05) is 18.2 Å². The molecule has 2 saturated heterocycles. The normalized spacial score (nSPS) is 21.9. The van der Waals surface area contributed by atoms with E-state index >= 15 is 0 Å². The van der Waals surface area contributed by atoms with Gasteiger partial charge in [0.2, 0.25) is 11.8 Å². The maximum absolute atomic E-state index is 12.9. The second-order valence-corrected chi connectivity index (χ2v) is 7.82.